The van der Waals surface area contributed by atoms with E-state index in [2.05, 4.69) is 4.99 Å². The molecule has 0 saturated carbocycles. The Morgan fingerprint density at radius 1 is 1.22 bits per heavy atom. The van der Waals surface area contributed by atoms with Crippen molar-refractivity contribution in [2.45, 2.75) is 27.2 Å². The number of hydrogen-bond donors (Lipinski definition) is 0. The number of likely N-dealkylation sites (N-methyl/N-ethyl adjacent to an activating group) is 1. The summed E-state index contributed by atoms with van der Waals surface area (Å²) in [6, 6.07) is 5.18. The van der Waals surface area contributed by atoms with Gasteiger partial charge in [0.2, 0.25) is 0 Å². The number of nitrogens with zero attached hydrogens (tertiary/aromatic N) is 2. The summed E-state index contributed by atoms with van der Waals surface area (Å²) >= 11 is 0. The minimum absolute atomic E-state index is 0.0439. The van der Waals surface area contributed by atoms with Crippen LogP contribution in [0.3, 0.4) is 0 Å². The Labute approximate surface area is 137 Å². The lowest BCUT2D eigenvalue weighted by atomic mass is 10.1. The van der Waals surface area contributed by atoms with Crippen LogP contribution in [-0.4, -0.2) is 45.0 Å². The molecule has 1 aromatic rings. The average molecular weight is 320 g/mol. The molecule has 23 heavy (non-hydrogen) atoms. The zero-order chi connectivity index (χ0) is 17.2. The summed E-state index contributed by atoms with van der Waals surface area (Å²) in [4.78, 5) is 30.2. The van der Waals surface area contributed by atoms with Gasteiger partial charge in [-0.1, -0.05) is 13.0 Å². The molecule has 0 radical (unpaired) electrons. The maximum absolute atomic E-state index is 12.3. The van der Waals surface area contributed by atoms with Crippen molar-refractivity contribution in [3.05, 3.63) is 23.8 Å². The van der Waals surface area contributed by atoms with Crippen LogP contribution in [0.5, 0.6) is 0 Å². The zero-order valence-electron chi connectivity index (χ0n) is 14.2. The maximum Gasteiger partial charge on any atom is 0.342 e. The first-order chi connectivity index (χ1) is 11.1. The van der Waals surface area contributed by atoms with Gasteiger partial charge >= 0.3 is 5.97 Å². The quantitative estimate of drug-likeness (QED) is 0.545. The van der Waals surface area contributed by atoms with Crippen molar-refractivity contribution >= 4 is 29.5 Å². The fraction of sp³-hybridized carbons (Fsp3) is 0.471. The molecule has 0 atom stereocenters. The Hall–Kier alpha value is -2.21. The molecule has 126 valence electrons. The maximum atomic E-state index is 12.3. The molecule has 0 N–H and O–H groups in total. The molecule has 1 amide bonds. The first-order valence-electron chi connectivity index (χ1n) is 7.73. The lowest BCUT2D eigenvalue weighted by Crippen LogP contribution is -2.31. The summed E-state index contributed by atoms with van der Waals surface area (Å²) in [7, 11) is 1.60. The van der Waals surface area contributed by atoms with Crippen molar-refractivity contribution in [1.82, 2.24) is 0 Å². The standard InChI is InChI=1S/C17H24N2O4/c1-5-11-18-13-9-8-10-14(16(13)17(21)23-7-3)19(4)15(20)12-22-6-2/h8-11H,5-7,12H2,1-4H3. The van der Waals surface area contributed by atoms with Crippen LogP contribution < -0.4 is 4.90 Å². The highest BCUT2D eigenvalue weighted by Gasteiger charge is 2.22. The number of anilines is 1. The largest absolute Gasteiger partial charge is 0.462 e. The van der Waals surface area contributed by atoms with Gasteiger partial charge in [0.15, 0.2) is 0 Å². The highest BCUT2D eigenvalue weighted by atomic mass is 16.5. The summed E-state index contributed by atoms with van der Waals surface area (Å²) in [5, 5.41) is 0. The van der Waals surface area contributed by atoms with Crippen LogP contribution in [0.15, 0.2) is 23.2 Å². The molecule has 0 aliphatic rings. The zero-order valence-corrected chi connectivity index (χ0v) is 14.2. The Balaban J connectivity index is 3.26. The molecule has 0 saturated heterocycles. The molecule has 0 fully saturated rings. The summed E-state index contributed by atoms with van der Waals surface area (Å²) < 4.78 is 10.3. The van der Waals surface area contributed by atoms with Gasteiger partial charge in [-0.25, -0.2) is 4.79 Å². The number of ether oxygens (including phenoxy) is 2. The number of benzene rings is 1. The SMILES string of the molecule is CCC=Nc1cccc(N(C)C(=O)COCC)c1C(=O)OCC. The van der Waals surface area contributed by atoms with Gasteiger partial charge < -0.3 is 14.4 Å². The minimum atomic E-state index is -0.498. The molecule has 0 spiro atoms. The number of esters is 1. The predicted octanol–water partition coefficient (Wildman–Crippen LogP) is 2.97. The Bertz CT molecular complexity index is 570. The van der Waals surface area contributed by atoms with E-state index in [1.165, 1.54) is 4.90 Å². The van der Waals surface area contributed by atoms with E-state index in [4.69, 9.17) is 9.47 Å². The monoisotopic (exact) mass is 320 g/mol. The van der Waals surface area contributed by atoms with Crippen LogP contribution in [0.1, 0.15) is 37.6 Å². The molecule has 6 heteroatoms. The lowest BCUT2D eigenvalue weighted by Gasteiger charge is -2.21. The third-order valence-corrected chi connectivity index (χ3v) is 3.08. The van der Waals surface area contributed by atoms with Crippen LogP contribution in [0, 0.1) is 0 Å². The van der Waals surface area contributed by atoms with E-state index >= 15 is 0 Å². The second-order valence-corrected chi connectivity index (χ2v) is 4.70. The van der Waals surface area contributed by atoms with E-state index in [0.717, 1.165) is 6.42 Å². The van der Waals surface area contributed by atoms with Crippen LogP contribution in [-0.2, 0) is 14.3 Å². The highest BCUT2D eigenvalue weighted by molar-refractivity contribution is 6.06. The number of hydrogen-bond acceptors (Lipinski definition) is 5. The van der Waals surface area contributed by atoms with Gasteiger partial charge in [0.05, 0.1) is 18.0 Å². The number of amides is 1. The number of carbonyl (C=O) groups excluding carboxylic acids is 2. The van der Waals surface area contributed by atoms with Gasteiger partial charge in [-0.05, 0) is 32.4 Å². The first-order valence-corrected chi connectivity index (χ1v) is 7.73. The third kappa shape index (κ3) is 5.17. The molecule has 0 heterocycles. The van der Waals surface area contributed by atoms with Gasteiger partial charge in [-0.15, -0.1) is 0 Å². The first kappa shape index (κ1) is 18.8. The lowest BCUT2D eigenvalue weighted by molar-refractivity contribution is -0.122. The van der Waals surface area contributed by atoms with Gasteiger partial charge in [0, 0.05) is 19.9 Å². The molecule has 0 bridgehead atoms. The normalized spacial score (nSPS) is 10.8. The molecule has 1 rings (SSSR count). The Kier molecular flexibility index (Phi) is 7.97. The van der Waals surface area contributed by atoms with E-state index in [1.54, 1.807) is 38.4 Å². The van der Waals surface area contributed by atoms with Crippen LogP contribution >= 0.6 is 0 Å². The predicted molar refractivity (Wildman–Crippen MR) is 90.7 cm³/mol. The fourth-order valence-corrected chi connectivity index (χ4v) is 1.94. The molecule has 0 aromatic heterocycles. The Morgan fingerprint density at radius 3 is 2.57 bits per heavy atom. The molecular weight excluding hydrogens is 296 g/mol. The van der Waals surface area contributed by atoms with Gasteiger partial charge in [-0.2, -0.15) is 0 Å². The summed E-state index contributed by atoms with van der Waals surface area (Å²) in [5.41, 5.74) is 1.23. The van der Waals surface area contributed by atoms with E-state index in [0.29, 0.717) is 18.0 Å². The van der Waals surface area contributed by atoms with Gasteiger partial charge in [0.25, 0.3) is 5.91 Å². The summed E-state index contributed by atoms with van der Waals surface area (Å²) in [6.45, 7) is 6.16. The number of aliphatic imine (C=N–C) groups is 1. The molecule has 0 aliphatic carbocycles. The van der Waals surface area contributed by atoms with Crippen LogP contribution in [0.25, 0.3) is 0 Å². The van der Waals surface area contributed by atoms with Crippen molar-refractivity contribution in [3.8, 4) is 0 Å². The van der Waals surface area contributed by atoms with Crippen molar-refractivity contribution in [2.75, 3.05) is 31.8 Å². The van der Waals surface area contributed by atoms with Crippen LogP contribution in [0.4, 0.5) is 11.4 Å². The van der Waals surface area contributed by atoms with Crippen molar-refractivity contribution in [3.63, 3.8) is 0 Å². The minimum Gasteiger partial charge on any atom is -0.462 e. The Morgan fingerprint density at radius 2 is 1.96 bits per heavy atom. The molecule has 0 aliphatic heterocycles. The average Bonchev–Trinajstić information content (AvgIpc) is 2.56. The van der Waals surface area contributed by atoms with Crippen LogP contribution in [0.2, 0.25) is 0 Å². The summed E-state index contributed by atoms with van der Waals surface area (Å²) in [6.07, 6.45) is 2.45. The topological polar surface area (TPSA) is 68.2 Å². The number of rotatable bonds is 8. The van der Waals surface area contributed by atoms with E-state index in [9.17, 15) is 9.59 Å². The van der Waals surface area contributed by atoms with Crippen molar-refractivity contribution < 1.29 is 19.1 Å². The molecule has 1 aromatic carbocycles. The second-order valence-electron chi connectivity index (χ2n) is 4.70. The van der Waals surface area contributed by atoms with E-state index in [1.807, 2.05) is 13.8 Å². The second kappa shape index (κ2) is 9.74. The van der Waals surface area contributed by atoms with Gasteiger partial charge in [0.1, 0.15) is 12.2 Å². The summed E-state index contributed by atoms with van der Waals surface area (Å²) in [5.74, 6) is -0.739. The fourth-order valence-electron chi connectivity index (χ4n) is 1.94. The van der Waals surface area contributed by atoms with E-state index < -0.39 is 5.97 Å². The van der Waals surface area contributed by atoms with E-state index in [-0.39, 0.29) is 24.7 Å². The number of carbonyl (C=O) groups is 2. The molecular formula is C17H24N2O4. The third-order valence-electron chi connectivity index (χ3n) is 3.08. The van der Waals surface area contributed by atoms with Crippen molar-refractivity contribution in [1.29, 1.82) is 0 Å². The smallest absolute Gasteiger partial charge is 0.342 e. The van der Waals surface area contributed by atoms with Gasteiger partial charge in [-0.3, -0.25) is 9.79 Å². The molecule has 0 unspecified atom stereocenters. The highest BCUT2D eigenvalue weighted by Crippen LogP contribution is 2.30. The van der Waals surface area contributed by atoms with Crippen molar-refractivity contribution in [2.24, 2.45) is 4.99 Å². The molecule has 6 nitrogen and oxygen atoms in total.